The molecule has 1 aliphatic rings. The van der Waals surface area contributed by atoms with Gasteiger partial charge in [-0.1, -0.05) is 30.3 Å². The van der Waals surface area contributed by atoms with Crippen molar-refractivity contribution in [3.8, 4) is 0 Å². The summed E-state index contributed by atoms with van der Waals surface area (Å²) in [6.07, 6.45) is 3.43. The Hall–Kier alpha value is -1.15. The van der Waals surface area contributed by atoms with Gasteiger partial charge >= 0.3 is 0 Å². The summed E-state index contributed by atoms with van der Waals surface area (Å²) >= 11 is 0. The lowest BCUT2D eigenvalue weighted by molar-refractivity contribution is 0.147. The van der Waals surface area contributed by atoms with Gasteiger partial charge in [0.2, 0.25) is 0 Å². The van der Waals surface area contributed by atoms with Crippen molar-refractivity contribution in [2.24, 2.45) is 4.99 Å². The van der Waals surface area contributed by atoms with Crippen LogP contribution in [0.15, 0.2) is 35.3 Å². The number of hydrogen-bond acceptors (Lipinski definition) is 2. The molecule has 1 aliphatic heterocycles. The van der Waals surface area contributed by atoms with E-state index in [1.165, 1.54) is 0 Å². The molecule has 0 radical (unpaired) electrons. The third-order valence-electron chi connectivity index (χ3n) is 2.39. The molecule has 1 heterocycles. The molecule has 0 spiro atoms. The third-order valence-corrected chi connectivity index (χ3v) is 2.39. The smallest absolute Gasteiger partial charge is 0.101 e. The van der Waals surface area contributed by atoms with E-state index >= 15 is 0 Å². The molecule has 2 nitrogen and oxygen atoms in total. The minimum atomic E-state index is -0.431. The maximum absolute atomic E-state index is 9.91. The van der Waals surface area contributed by atoms with E-state index in [-0.39, 0.29) is 6.04 Å². The minimum Gasteiger partial charge on any atom is -0.386 e. The van der Waals surface area contributed by atoms with Crippen LogP contribution in [0.3, 0.4) is 0 Å². The molecule has 2 rings (SSSR count). The van der Waals surface area contributed by atoms with Crippen molar-refractivity contribution in [1.29, 1.82) is 0 Å². The van der Waals surface area contributed by atoms with Crippen molar-refractivity contribution in [2.45, 2.75) is 25.0 Å². The molecule has 1 aromatic carbocycles. The molecule has 0 aliphatic carbocycles. The topological polar surface area (TPSA) is 32.6 Å². The van der Waals surface area contributed by atoms with Gasteiger partial charge in [-0.05, 0) is 24.6 Å². The van der Waals surface area contributed by atoms with Crippen LogP contribution in [0.4, 0.5) is 0 Å². The fourth-order valence-corrected chi connectivity index (χ4v) is 1.64. The summed E-state index contributed by atoms with van der Waals surface area (Å²) in [6, 6.07) is 9.79. The predicted molar refractivity (Wildman–Crippen MR) is 52.9 cm³/mol. The van der Waals surface area contributed by atoms with Crippen LogP contribution < -0.4 is 0 Å². The summed E-state index contributed by atoms with van der Waals surface area (Å²) in [5, 5.41) is 9.91. The average Bonchev–Trinajstić information content (AvgIpc) is 2.71. The van der Waals surface area contributed by atoms with E-state index in [2.05, 4.69) is 4.99 Å². The highest BCUT2D eigenvalue weighted by Gasteiger charge is 2.21. The van der Waals surface area contributed by atoms with E-state index in [0.717, 1.165) is 18.4 Å². The molecule has 1 unspecified atom stereocenters. The molecule has 1 N–H and O–H groups in total. The number of aliphatic imine (C=N–C) groups is 1. The van der Waals surface area contributed by atoms with E-state index in [1.54, 1.807) is 0 Å². The van der Waals surface area contributed by atoms with Crippen molar-refractivity contribution >= 4 is 6.21 Å². The Bertz CT molecular complexity index is 294. The molecule has 1 aromatic rings. The molecule has 0 bridgehead atoms. The largest absolute Gasteiger partial charge is 0.386 e. The first-order valence-electron chi connectivity index (χ1n) is 4.62. The number of aliphatic hydroxyl groups is 1. The van der Waals surface area contributed by atoms with E-state index in [9.17, 15) is 5.11 Å². The minimum absolute atomic E-state index is 0.0717. The van der Waals surface area contributed by atoms with Crippen LogP contribution in [0.5, 0.6) is 0 Å². The fourth-order valence-electron chi connectivity index (χ4n) is 1.64. The molecular weight excluding hydrogens is 162 g/mol. The second-order valence-corrected chi connectivity index (χ2v) is 3.33. The zero-order valence-electron chi connectivity index (χ0n) is 7.43. The zero-order chi connectivity index (χ0) is 9.10. The van der Waals surface area contributed by atoms with Crippen molar-refractivity contribution < 1.29 is 5.11 Å². The Balaban J connectivity index is 2.13. The van der Waals surface area contributed by atoms with E-state index in [1.807, 2.05) is 36.5 Å². The summed E-state index contributed by atoms with van der Waals surface area (Å²) in [5.41, 5.74) is 0.964. The van der Waals surface area contributed by atoms with Crippen molar-refractivity contribution in [3.63, 3.8) is 0 Å². The Morgan fingerprint density at radius 2 is 2.08 bits per heavy atom. The first-order chi connectivity index (χ1) is 6.38. The van der Waals surface area contributed by atoms with Gasteiger partial charge in [-0.25, -0.2) is 0 Å². The van der Waals surface area contributed by atoms with Crippen LogP contribution in [-0.2, 0) is 0 Å². The molecule has 0 amide bonds. The maximum atomic E-state index is 9.91. The first-order valence-corrected chi connectivity index (χ1v) is 4.62. The van der Waals surface area contributed by atoms with Crippen molar-refractivity contribution in [3.05, 3.63) is 35.9 Å². The highest BCUT2D eigenvalue weighted by molar-refractivity contribution is 5.60. The third kappa shape index (κ3) is 1.78. The SMILES string of the molecule is OC(c1ccccc1)[C@H]1CCC=N1. The normalized spacial score (nSPS) is 23.3. The number of hydrogen-bond donors (Lipinski definition) is 1. The summed E-state index contributed by atoms with van der Waals surface area (Å²) in [4.78, 5) is 4.24. The lowest BCUT2D eigenvalue weighted by Crippen LogP contribution is -2.13. The lowest BCUT2D eigenvalue weighted by Gasteiger charge is -2.15. The van der Waals surface area contributed by atoms with Gasteiger partial charge in [0, 0.05) is 0 Å². The highest BCUT2D eigenvalue weighted by atomic mass is 16.3. The van der Waals surface area contributed by atoms with Gasteiger partial charge < -0.3 is 5.11 Å². The van der Waals surface area contributed by atoms with Gasteiger partial charge in [0.1, 0.15) is 6.10 Å². The standard InChI is InChI=1S/C11H13NO/c13-11(10-7-4-8-12-10)9-5-2-1-3-6-9/h1-3,5-6,8,10-11,13H,4,7H2/t10-,11?/m1/s1. The molecular formula is C11H13NO. The van der Waals surface area contributed by atoms with Crippen molar-refractivity contribution in [1.82, 2.24) is 0 Å². The average molecular weight is 175 g/mol. The number of nitrogens with zero attached hydrogens (tertiary/aromatic N) is 1. The highest BCUT2D eigenvalue weighted by Crippen LogP contribution is 2.24. The molecule has 13 heavy (non-hydrogen) atoms. The van der Waals surface area contributed by atoms with Crippen LogP contribution in [0.2, 0.25) is 0 Å². The van der Waals surface area contributed by atoms with Crippen LogP contribution in [0.25, 0.3) is 0 Å². The van der Waals surface area contributed by atoms with E-state index in [0.29, 0.717) is 0 Å². The second kappa shape index (κ2) is 3.71. The number of rotatable bonds is 2. The van der Waals surface area contributed by atoms with E-state index in [4.69, 9.17) is 0 Å². The van der Waals surface area contributed by atoms with Crippen LogP contribution in [0.1, 0.15) is 24.5 Å². The van der Waals surface area contributed by atoms with Crippen molar-refractivity contribution in [2.75, 3.05) is 0 Å². The quantitative estimate of drug-likeness (QED) is 0.732. The summed E-state index contributed by atoms with van der Waals surface area (Å²) < 4.78 is 0. The molecule has 0 saturated carbocycles. The van der Waals surface area contributed by atoms with Crippen LogP contribution >= 0.6 is 0 Å². The molecule has 0 fully saturated rings. The van der Waals surface area contributed by atoms with Gasteiger partial charge in [-0.15, -0.1) is 0 Å². The molecule has 0 aromatic heterocycles. The summed E-state index contributed by atoms with van der Waals surface area (Å²) in [6.45, 7) is 0. The predicted octanol–water partition coefficient (Wildman–Crippen LogP) is 1.95. The Morgan fingerprint density at radius 3 is 2.69 bits per heavy atom. The van der Waals surface area contributed by atoms with Crippen LogP contribution in [-0.4, -0.2) is 17.4 Å². The number of benzene rings is 1. The van der Waals surface area contributed by atoms with Gasteiger partial charge in [0.25, 0.3) is 0 Å². The van der Waals surface area contributed by atoms with Gasteiger partial charge in [-0.2, -0.15) is 0 Å². The van der Waals surface area contributed by atoms with Gasteiger partial charge in [0.05, 0.1) is 6.04 Å². The zero-order valence-corrected chi connectivity index (χ0v) is 7.43. The van der Waals surface area contributed by atoms with Gasteiger partial charge in [0.15, 0.2) is 0 Å². The fraction of sp³-hybridized carbons (Fsp3) is 0.364. The lowest BCUT2D eigenvalue weighted by atomic mass is 10.0. The molecule has 0 saturated heterocycles. The summed E-state index contributed by atoms with van der Waals surface area (Å²) in [7, 11) is 0. The van der Waals surface area contributed by atoms with Crippen LogP contribution in [0, 0.1) is 0 Å². The Morgan fingerprint density at radius 1 is 1.31 bits per heavy atom. The monoisotopic (exact) mass is 175 g/mol. The summed E-state index contributed by atoms with van der Waals surface area (Å²) in [5.74, 6) is 0. The Labute approximate surface area is 77.9 Å². The van der Waals surface area contributed by atoms with Gasteiger partial charge in [-0.3, -0.25) is 4.99 Å². The molecule has 2 atom stereocenters. The molecule has 68 valence electrons. The number of aliphatic hydroxyl groups excluding tert-OH is 1. The first kappa shape index (κ1) is 8.45. The maximum Gasteiger partial charge on any atom is 0.101 e. The molecule has 2 heteroatoms. The van der Waals surface area contributed by atoms with E-state index < -0.39 is 6.10 Å². The Kier molecular flexibility index (Phi) is 2.41. The second-order valence-electron chi connectivity index (χ2n) is 3.33.